The quantitative estimate of drug-likeness (QED) is 0.460. The van der Waals surface area contributed by atoms with E-state index in [1.54, 1.807) is 18.2 Å². The van der Waals surface area contributed by atoms with Gasteiger partial charge in [0.25, 0.3) is 5.91 Å². The van der Waals surface area contributed by atoms with Gasteiger partial charge in [0.1, 0.15) is 5.70 Å². The summed E-state index contributed by atoms with van der Waals surface area (Å²) in [4.78, 5) is 10.5. The number of hydrogen-bond acceptors (Lipinski definition) is 5. The maximum atomic E-state index is 10.5. The van der Waals surface area contributed by atoms with E-state index in [1.165, 1.54) is 25.7 Å². The molecule has 2 heterocycles. The van der Waals surface area contributed by atoms with E-state index in [0.717, 1.165) is 6.67 Å². The van der Waals surface area contributed by atoms with Crippen LogP contribution in [0.5, 0.6) is 0 Å². The summed E-state index contributed by atoms with van der Waals surface area (Å²) in [6, 6.07) is 0. The number of carbonyl (C=O) groups is 1. The monoisotopic (exact) mass is 223 g/mol. The van der Waals surface area contributed by atoms with E-state index in [9.17, 15) is 4.79 Å². The van der Waals surface area contributed by atoms with Crippen LogP contribution in [0, 0.1) is 0 Å². The van der Waals surface area contributed by atoms with Crippen molar-refractivity contribution in [3.63, 3.8) is 0 Å². The van der Waals surface area contributed by atoms with Gasteiger partial charge in [-0.25, -0.2) is 0 Å². The van der Waals surface area contributed by atoms with Crippen molar-refractivity contribution in [3.8, 4) is 0 Å². The van der Waals surface area contributed by atoms with Crippen molar-refractivity contribution in [1.29, 1.82) is 0 Å². The Morgan fingerprint density at radius 2 is 2.06 bits per heavy atom. The summed E-state index contributed by atoms with van der Waals surface area (Å²) >= 11 is 0. The second kappa shape index (κ2) is 7.61. The van der Waals surface area contributed by atoms with Crippen molar-refractivity contribution in [2.75, 3.05) is 19.8 Å². The van der Waals surface area contributed by atoms with Crippen LogP contribution in [0.3, 0.4) is 0 Å². The lowest BCUT2D eigenvalue weighted by Crippen LogP contribution is -2.37. The molecule has 1 amide bonds. The first-order valence-corrected chi connectivity index (χ1v) is 5.18. The first-order valence-electron chi connectivity index (χ1n) is 5.18. The number of allylic oxidation sites excluding steroid dienone is 3. The number of nitrogens with zero attached hydrogens (tertiary/aromatic N) is 1. The third kappa shape index (κ3) is 5.28. The predicted octanol–water partition coefficient (Wildman–Crippen LogP) is -0.972. The van der Waals surface area contributed by atoms with Crippen LogP contribution in [0.2, 0.25) is 0 Å². The highest BCUT2D eigenvalue weighted by atomic mass is 16.1. The van der Waals surface area contributed by atoms with Gasteiger partial charge in [-0.2, -0.15) is 5.10 Å². The Labute approximate surface area is 94.7 Å². The zero-order valence-electron chi connectivity index (χ0n) is 9.07. The molecule has 0 aliphatic carbocycles. The molecule has 0 saturated carbocycles. The molecule has 2 aliphatic heterocycles. The highest BCUT2D eigenvalue weighted by molar-refractivity contribution is 5.92. The van der Waals surface area contributed by atoms with Crippen molar-refractivity contribution in [3.05, 3.63) is 23.9 Å². The molecule has 0 atom stereocenters. The molecular weight excluding hydrogens is 206 g/mol. The second-order valence-corrected chi connectivity index (χ2v) is 3.25. The van der Waals surface area contributed by atoms with Crippen LogP contribution >= 0.6 is 0 Å². The van der Waals surface area contributed by atoms with Gasteiger partial charge in [-0.15, -0.1) is 0 Å². The molecule has 2 rings (SSSR count). The zero-order chi connectivity index (χ0) is 11.6. The molecule has 2 aliphatic rings. The molecule has 0 spiro atoms. The Hall–Kier alpha value is -1.66. The lowest BCUT2D eigenvalue weighted by atomic mass is 10.4. The van der Waals surface area contributed by atoms with Crippen LogP contribution in [0.4, 0.5) is 0 Å². The minimum Gasteiger partial charge on any atom is -0.364 e. The SMILES string of the molecule is C1CNCNC1.NC(=O)C1=CC=CC=NN1. The topological polar surface area (TPSA) is 91.5 Å². The Morgan fingerprint density at radius 1 is 1.31 bits per heavy atom. The van der Waals surface area contributed by atoms with Gasteiger partial charge >= 0.3 is 0 Å². The molecule has 0 radical (unpaired) electrons. The molecular formula is C10H17N5O. The molecule has 0 aromatic rings. The van der Waals surface area contributed by atoms with Crippen molar-refractivity contribution in [2.24, 2.45) is 10.8 Å². The van der Waals surface area contributed by atoms with Gasteiger partial charge in [0.2, 0.25) is 0 Å². The molecule has 6 nitrogen and oxygen atoms in total. The van der Waals surface area contributed by atoms with E-state index in [0.29, 0.717) is 5.70 Å². The largest absolute Gasteiger partial charge is 0.364 e. The fourth-order valence-electron chi connectivity index (χ4n) is 1.13. The molecule has 16 heavy (non-hydrogen) atoms. The van der Waals surface area contributed by atoms with E-state index >= 15 is 0 Å². The number of nitrogens with two attached hydrogens (primary N) is 1. The molecule has 1 saturated heterocycles. The highest BCUT2D eigenvalue weighted by Crippen LogP contribution is 1.90. The Kier molecular flexibility index (Phi) is 5.90. The summed E-state index contributed by atoms with van der Waals surface area (Å²) in [7, 11) is 0. The highest BCUT2D eigenvalue weighted by Gasteiger charge is 2.00. The van der Waals surface area contributed by atoms with E-state index < -0.39 is 5.91 Å². The maximum absolute atomic E-state index is 10.5. The van der Waals surface area contributed by atoms with Gasteiger partial charge < -0.3 is 16.4 Å². The lowest BCUT2D eigenvalue weighted by molar-refractivity contribution is -0.114. The van der Waals surface area contributed by atoms with Crippen LogP contribution in [0.15, 0.2) is 29.0 Å². The van der Waals surface area contributed by atoms with Crippen LogP contribution in [-0.4, -0.2) is 31.9 Å². The van der Waals surface area contributed by atoms with Gasteiger partial charge in [0.05, 0.1) is 0 Å². The third-order valence-electron chi connectivity index (χ3n) is 1.94. The minimum atomic E-state index is -0.510. The van der Waals surface area contributed by atoms with Crippen molar-refractivity contribution in [2.45, 2.75) is 6.42 Å². The Bertz CT molecular complexity index is 293. The van der Waals surface area contributed by atoms with Crippen molar-refractivity contribution >= 4 is 12.1 Å². The number of rotatable bonds is 1. The first kappa shape index (κ1) is 12.4. The molecule has 1 fully saturated rings. The fourth-order valence-corrected chi connectivity index (χ4v) is 1.13. The van der Waals surface area contributed by atoms with Crippen LogP contribution in [-0.2, 0) is 4.79 Å². The van der Waals surface area contributed by atoms with Crippen molar-refractivity contribution < 1.29 is 4.79 Å². The van der Waals surface area contributed by atoms with Crippen LogP contribution in [0.1, 0.15) is 6.42 Å². The molecule has 0 unspecified atom stereocenters. The molecule has 0 aromatic carbocycles. The van der Waals surface area contributed by atoms with E-state index in [4.69, 9.17) is 5.73 Å². The number of carbonyl (C=O) groups excluding carboxylic acids is 1. The molecule has 5 N–H and O–H groups in total. The Morgan fingerprint density at radius 3 is 2.56 bits per heavy atom. The van der Waals surface area contributed by atoms with Gasteiger partial charge in [0, 0.05) is 12.9 Å². The molecule has 0 aromatic heterocycles. The third-order valence-corrected chi connectivity index (χ3v) is 1.94. The number of hydrazone groups is 1. The van der Waals surface area contributed by atoms with E-state index in [1.807, 2.05) is 0 Å². The Balaban J connectivity index is 0.000000181. The van der Waals surface area contributed by atoms with Crippen molar-refractivity contribution in [1.82, 2.24) is 16.1 Å². The van der Waals surface area contributed by atoms with E-state index in [-0.39, 0.29) is 0 Å². The zero-order valence-corrected chi connectivity index (χ0v) is 9.07. The summed E-state index contributed by atoms with van der Waals surface area (Å²) in [6.45, 7) is 3.38. The predicted molar refractivity (Wildman–Crippen MR) is 63.5 cm³/mol. The average Bonchev–Trinajstić information content (AvgIpc) is 2.61. The normalized spacial score (nSPS) is 18.6. The summed E-state index contributed by atoms with van der Waals surface area (Å²) in [5.74, 6) is -0.510. The number of hydrogen-bond donors (Lipinski definition) is 4. The second-order valence-electron chi connectivity index (χ2n) is 3.25. The van der Waals surface area contributed by atoms with Crippen LogP contribution in [0.25, 0.3) is 0 Å². The van der Waals surface area contributed by atoms with Gasteiger partial charge in [-0.3, -0.25) is 10.2 Å². The standard InChI is InChI=1S/C6H7N3O.C4H10N2/c7-6(10)5-3-1-2-4-8-9-5;1-2-5-4-6-3-1/h1-4,9H,(H2,7,10);5-6H,1-4H2. The summed E-state index contributed by atoms with van der Waals surface area (Å²) in [6.07, 6.45) is 7.76. The number of primary amides is 1. The average molecular weight is 223 g/mol. The van der Waals surface area contributed by atoms with Crippen LogP contribution < -0.4 is 21.8 Å². The molecule has 88 valence electrons. The summed E-state index contributed by atoms with van der Waals surface area (Å²) in [5, 5.41) is 9.99. The minimum absolute atomic E-state index is 0.296. The number of amides is 1. The summed E-state index contributed by atoms with van der Waals surface area (Å²) in [5.41, 5.74) is 7.73. The molecule has 6 heteroatoms. The summed E-state index contributed by atoms with van der Waals surface area (Å²) < 4.78 is 0. The van der Waals surface area contributed by atoms with Gasteiger partial charge in [-0.05, 0) is 31.7 Å². The van der Waals surface area contributed by atoms with E-state index in [2.05, 4.69) is 21.2 Å². The van der Waals surface area contributed by atoms with Gasteiger partial charge in [-0.1, -0.05) is 6.08 Å². The first-order chi connectivity index (χ1) is 7.80. The molecule has 0 bridgehead atoms. The smallest absolute Gasteiger partial charge is 0.266 e. The fraction of sp³-hybridized carbons (Fsp3) is 0.400. The lowest BCUT2D eigenvalue weighted by Gasteiger charge is -2.11. The maximum Gasteiger partial charge on any atom is 0.266 e. The number of nitrogens with one attached hydrogen (secondary N) is 3. The van der Waals surface area contributed by atoms with Gasteiger partial charge in [0.15, 0.2) is 0 Å².